The molecule has 0 saturated carbocycles. The number of nitrogens with zero attached hydrogens (tertiary/aromatic N) is 1. The molecule has 2 rings (SSSR count). The Morgan fingerprint density at radius 2 is 1.95 bits per heavy atom. The number of anilines is 1. The van der Waals surface area contributed by atoms with Gasteiger partial charge in [-0.25, -0.2) is 4.79 Å². The maximum absolute atomic E-state index is 11.8. The van der Waals surface area contributed by atoms with Gasteiger partial charge in [-0.05, 0) is 18.6 Å². The van der Waals surface area contributed by atoms with E-state index in [4.69, 9.17) is 0 Å². The van der Waals surface area contributed by atoms with E-state index in [1.807, 2.05) is 24.3 Å². The highest BCUT2D eigenvalue weighted by molar-refractivity contribution is 5.60. The molecule has 0 amide bonds. The summed E-state index contributed by atoms with van der Waals surface area (Å²) < 4.78 is 1.43. The number of aromatic amines is 1. The Morgan fingerprint density at radius 1 is 1.15 bits per heavy atom. The van der Waals surface area contributed by atoms with Crippen molar-refractivity contribution in [1.82, 2.24) is 9.55 Å². The van der Waals surface area contributed by atoms with Crippen LogP contribution < -0.4 is 16.6 Å². The third-order valence-electron chi connectivity index (χ3n) is 3.08. The third kappa shape index (κ3) is 3.38. The van der Waals surface area contributed by atoms with Crippen molar-refractivity contribution in [3.63, 3.8) is 0 Å². The number of rotatable bonds is 6. The van der Waals surface area contributed by atoms with Gasteiger partial charge in [-0.2, -0.15) is 0 Å². The molecule has 20 heavy (non-hydrogen) atoms. The molecule has 1 aromatic carbocycles. The molecule has 0 saturated heterocycles. The molecule has 0 unspecified atom stereocenters. The average Bonchev–Trinajstić information content (AvgIpc) is 2.44. The molecule has 5 nitrogen and oxygen atoms in total. The number of para-hydroxylation sites is 2. The van der Waals surface area contributed by atoms with E-state index in [2.05, 4.69) is 17.2 Å². The largest absolute Gasteiger partial charge is 0.383 e. The molecule has 2 aromatic rings. The molecule has 1 heterocycles. The highest BCUT2D eigenvalue weighted by atomic mass is 16.2. The normalized spacial score (nSPS) is 10.4. The molecule has 5 heteroatoms. The quantitative estimate of drug-likeness (QED) is 0.792. The van der Waals surface area contributed by atoms with Gasteiger partial charge in [0.05, 0.1) is 11.4 Å². The van der Waals surface area contributed by atoms with Crippen LogP contribution in [0.25, 0.3) is 5.69 Å². The van der Waals surface area contributed by atoms with E-state index in [1.165, 1.54) is 29.7 Å². The van der Waals surface area contributed by atoms with Gasteiger partial charge in [0, 0.05) is 18.8 Å². The van der Waals surface area contributed by atoms with Crippen LogP contribution in [0.3, 0.4) is 0 Å². The molecule has 0 radical (unpaired) electrons. The fourth-order valence-electron chi connectivity index (χ4n) is 2.04. The number of H-pyrrole nitrogens is 1. The van der Waals surface area contributed by atoms with Crippen LogP contribution in [0.15, 0.2) is 46.1 Å². The number of hydrogen-bond acceptors (Lipinski definition) is 3. The van der Waals surface area contributed by atoms with E-state index >= 15 is 0 Å². The fraction of sp³-hybridized carbons (Fsp3) is 0.333. The minimum absolute atomic E-state index is 0.389. The maximum Gasteiger partial charge on any atom is 0.332 e. The van der Waals surface area contributed by atoms with Gasteiger partial charge < -0.3 is 5.32 Å². The molecular formula is C15H19N3O2. The van der Waals surface area contributed by atoms with Crippen molar-refractivity contribution in [1.29, 1.82) is 0 Å². The number of aromatic nitrogens is 2. The average molecular weight is 273 g/mol. The first-order chi connectivity index (χ1) is 9.72. The number of hydrogen-bond donors (Lipinski definition) is 2. The van der Waals surface area contributed by atoms with Crippen LogP contribution in [0.1, 0.15) is 26.2 Å². The molecule has 0 aliphatic carbocycles. The molecule has 0 fully saturated rings. The second kappa shape index (κ2) is 6.75. The zero-order valence-electron chi connectivity index (χ0n) is 11.6. The van der Waals surface area contributed by atoms with Gasteiger partial charge in [-0.15, -0.1) is 0 Å². The van der Waals surface area contributed by atoms with E-state index < -0.39 is 5.69 Å². The van der Waals surface area contributed by atoms with Crippen LogP contribution in [0.5, 0.6) is 0 Å². The van der Waals surface area contributed by atoms with Crippen LogP contribution in [-0.2, 0) is 0 Å². The number of unbranched alkanes of at least 4 members (excludes halogenated alkanes) is 2. The van der Waals surface area contributed by atoms with Crippen molar-refractivity contribution in [2.45, 2.75) is 26.2 Å². The Labute approximate surface area is 117 Å². The Morgan fingerprint density at radius 3 is 2.70 bits per heavy atom. The monoisotopic (exact) mass is 273 g/mol. The Balaban J connectivity index is 2.27. The Hall–Kier alpha value is -2.30. The summed E-state index contributed by atoms with van der Waals surface area (Å²) in [6, 6.07) is 8.91. The van der Waals surface area contributed by atoms with E-state index in [9.17, 15) is 9.59 Å². The van der Waals surface area contributed by atoms with Crippen LogP contribution in [0, 0.1) is 0 Å². The van der Waals surface area contributed by atoms with Gasteiger partial charge >= 0.3 is 5.69 Å². The lowest BCUT2D eigenvalue weighted by Gasteiger charge is -2.13. The molecule has 0 atom stereocenters. The van der Waals surface area contributed by atoms with Crippen molar-refractivity contribution in [2.75, 3.05) is 11.9 Å². The zero-order valence-corrected chi connectivity index (χ0v) is 11.6. The highest BCUT2D eigenvalue weighted by Crippen LogP contribution is 2.18. The second-order valence-corrected chi connectivity index (χ2v) is 4.63. The van der Waals surface area contributed by atoms with E-state index in [1.54, 1.807) is 0 Å². The molecule has 106 valence electrons. The van der Waals surface area contributed by atoms with E-state index in [0.717, 1.165) is 24.3 Å². The summed E-state index contributed by atoms with van der Waals surface area (Å²) in [5.41, 5.74) is 0.808. The predicted molar refractivity (Wildman–Crippen MR) is 80.7 cm³/mol. The molecule has 0 aliphatic rings. The van der Waals surface area contributed by atoms with Gasteiger partial charge in [0.1, 0.15) is 0 Å². The van der Waals surface area contributed by atoms with Crippen molar-refractivity contribution in [2.24, 2.45) is 0 Å². The van der Waals surface area contributed by atoms with Crippen LogP contribution >= 0.6 is 0 Å². The molecule has 0 aliphatic heterocycles. The van der Waals surface area contributed by atoms with Crippen molar-refractivity contribution in [3.8, 4) is 5.69 Å². The van der Waals surface area contributed by atoms with Crippen LogP contribution in [0.4, 0.5) is 5.69 Å². The molecule has 1 aromatic heterocycles. The molecular weight excluding hydrogens is 254 g/mol. The van der Waals surface area contributed by atoms with Crippen molar-refractivity contribution in [3.05, 3.63) is 57.4 Å². The Bertz CT molecular complexity index is 673. The minimum atomic E-state index is -0.430. The maximum atomic E-state index is 11.8. The summed E-state index contributed by atoms with van der Waals surface area (Å²) in [4.78, 5) is 25.2. The second-order valence-electron chi connectivity index (χ2n) is 4.63. The zero-order chi connectivity index (χ0) is 14.4. The lowest BCUT2D eigenvalue weighted by molar-refractivity contribution is 0.743. The molecule has 2 N–H and O–H groups in total. The lowest BCUT2D eigenvalue weighted by atomic mass is 10.2. The summed E-state index contributed by atoms with van der Waals surface area (Å²) in [5, 5.41) is 3.34. The highest BCUT2D eigenvalue weighted by Gasteiger charge is 2.05. The van der Waals surface area contributed by atoms with Gasteiger partial charge in [0.25, 0.3) is 5.56 Å². The van der Waals surface area contributed by atoms with Crippen LogP contribution in [-0.4, -0.2) is 16.1 Å². The standard InChI is InChI=1S/C15H19N3O2/c1-2-3-6-10-16-12-7-4-5-8-13(12)18-11-9-14(19)17-15(18)20/h4-5,7-9,11,16H,2-3,6,10H2,1H3,(H,17,19,20). The summed E-state index contributed by atoms with van der Waals surface area (Å²) >= 11 is 0. The van der Waals surface area contributed by atoms with Gasteiger partial charge in [0.15, 0.2) is 0 Å². The molecule has 0 spiro atoms. The van der Waals surface area contributed by atoms with E-state index in [-0.39, 0.29) is 5.56 Å². The van der Waals surface area contributed by atoms with Gasteiger partial charge in [0.2, 0.25) is 0 Å². The van der Waals surface area contributed by atoms with Gasteiger partial charge in [-0.3, -0.25) is 14.3 Å². The van der Waals surface area contributed by atoms with Gasteiger partial charge in [-0.1, -0.05) is 31.9 Å². The first kappa shape index (κ1) is 14.1. The summed E-state index contributed by atoms with van der Waals surface area (Å²) in [5.74, 6) is 0. The van der Waals surface area contributed by atoms with Crippen molar-refractivity contribution >= 4 is 5.69 Å². The summed E-state index contributed by atoms with van der Waals surface area (Å²) in [6.45, 7) is 3.02. The Kier molecular flexibility index (Phi) is 4.76. The SMILES string of the molecule is CCCCCNc1ccccc1-n1ccc(=O)[nH]c1=O. The fourth-order valence-corrected chi connectivity index (χ4v) is 2.04. The summed E-state index contributed by atoms with van der Waals surface area (Å²) in [7, 11) is 0. The smallest absolute Gasteiger partial charge is 0.332 e. The summed E-state index contributed by atoms with van der Waals surface area (Å²) in [6.07, 6.45) is 4.93. The first-order valence-electron chi connectivity index (χ1n) is 6.87. The third-order valence-corrected chi connectivity index (χ3v) is 3.08. The lowest BCUT2D eigenvalue weighted by Crippen LogP contribution is -2.28. The topological polar surface area (TPSA) is 66.9 Å². The van der Waals surface area contributed by atoms with Crippen molar-refractivity contribution < 1.29 is 0 Å². The van der Waals surface area contributed by atoms with Crippen LogP contribution in [0.2, 0.25) is 0 Å². The predicted octanol–water partition coefficient (Wildman–Crippen LogP) is 2.13. The number of benzene rings is 1. The number of nitrogens with one attached hydrogen (secondary N) is 2. The first-order valence-corrected chi connectivity index (χ1v) is 6.87. The minimum Gasteiger partial charge on any atom is -0.383 e. The van der Waals surface area contributed by atoms with E-state index in [0.29, 0.717) is 0 Å². The molecule has 0 bridgehead atoms.